The predicted octanol–water partition coefficient (Wildman–Crippen LogP) is 4.85. The van der Waals surface area contributed by atoms with E-state index in [-0.39, 0.29) is 0 Å². The number of benzene rings is 1. The van der Waals surface area contributed by atoms with Crippen LogP contribution >= 0.6 is 23.6 Å². The van der Waals surface area contributed by atoms with E-state index in [4.69, 9.17) is 12.2 Å². The summed E-state index contributed by atoms with van der Waals surface area (Å²) >= 11 is 7.34. The third-order valence-electron chi connectivity index (χ3n) is 4.23. The minimum atomic E-state index is 0.649. The Kier molecular flexibility index (Phi) is 3.47. The van der Waals surface area contributed by atoms with Gasteiger partial charge in [0.1, 0.15) is 0 Å². The Hall–Kier alpha value is -1.72. The van der Waals surface area contributed by atoms with Crippen molar-refractivity contribution in [3.63, 3.8) is 0 Å². The molecule has 0 saturated carbocycles. The van der Waals surface area contributed by atoms with Gasteiger partial charge >= 0.3 is 0 Å². The fourth-order valence-electron chi connectivity index (χ4n) is 3.17. The van der Waals surface area contributed by atoms with E-state index < -0.39 is 0 Å². The third kappa shape index (κ3) is 2.25. The number of hydrogen-bond acceptors (Lipinski definition) is 3. The van der Waals surface area contributed by atoms with Crippen LogP contribution in [-0.2, 0) is 12.8 Å². The molecule has 2 heterocycles. The zero-order chi connectivity index (χ0) is 15.1. The number of fused-ring (bicyclic) bond motifs is 1. The van der Waals surface area contributed by atoms with E-state index in [1.807, 2.05) is 11.3 Å². The number of aromatic nitrogens is 3. The predicted molar refractivity (Wildman–Crippen MR) is 93.4 cm³/mol. The highest BCUT2D eigenvalue weighted by molar-refractivity contribution is 7.71. The van der Waals surface area contributed by atoms with Gasteiger partial charge in [-0.15, -0.1) is 11.3 Å². The molecule has 22 heavy (non-hydrogen) atoms. The van der Waals surface area contributed by atoms with Crippen LogP contribution in [0.3, 0.4) is 0 Å². The summed E-state index contributed by atoms with van der Waals surface area (Å²) in [5.41, 5.74) is 5.01. The van der Waals surface area contributed by atoms with Gasteiger partial charge in [0, 0.05) is 15.8 Å². The van der Waals surface area contributed by atoms with Crippen LogP contribution in [0, 0.1) is 11.7 Å². The molecule has 3 aromatic rings. The monoisotopic (exact) mass is 327 g/mol. The largest absolute Gasteiger partial charge is 0.268 e. The molecular formula is C17H17N3S2. The van der Waals surface area contributed by atoms with Crippen LogP contribution in [0.5, 0.6) is 0 Å². The number of aromatic amines is 1. The number of rotatable bonds is 2. The molecule has 0 atom stereocenters. The first kappa shape index (κ1) is 13.9. The van der Waals surface area contributed by atoms with Crippen molar-refractivity contribution < 1.29 is 0 Å². The van der Waals surface area contributed by atoms with Crippen LogP contribution in [0.2, 0.25) is 0 Å². The molecule has 0 saturated heterocycles. The first-order valence-electron chi connectivity index (χ1n) is 7.58. The molecule has 0 bridgehead atoms. The highest BCUT2D eigenvalue weighted by Gasteiger charge is 2.20. The van der Waals surface area contributed by atoms with Crippen LogP contribution < -0.4 is 0 Å². The van der Waals surface area contributed by atoms with Gasteiger partial charge in [-0.2, -0.15) is 5.10 Å². The lowest BCUT2D eigenvalue weighted by Gasteiger charge is -2.13. The summed E-state index contributed by atoms with van der Waals surface area (Å²) in [4.78, 5) is 1.52. The van der Waals surface area contributed by atoms with E-state index >= 15 is 0 Å². The Balaban J connectivity index is 1.91. The van der Waals surface area contributed by atoms with E-state index in [9.17, 15) is 0 Å². The van der Waals surface area contributed by atoms with E-state index in [0.717, 1.165) is 17.9 Å². The molecule has 1 N–H and O–H groups in total. The number of hydrogen-bond donors (Lipinski definition) is 1. The van der Waals surface area contributed by atoms with Crippen molar-refractivity contribution in [3.05, 3.63) is 50.4 Å². The highest BCUT2D eigenvalue weighted by atomic mass is 32.1. The van der Waals surface area contributed by atoms with Crippen molar-refractivity contribution in [2.45, 2.75) is 32.6 Å². The van der Waals surface area contributed by atoms with E-state index in [2.05, 4.69) is 51.3 Å². The minimum Gasteiger partial charge on any atom is -0.268 e. The smallest absolute Gasteiger partial charge is 0.200 e. The first-order chi connectivity index (χ1) is 10.7. The third-order valence-corrected chi connectivity index (χ3v) is 5.60. The summed E-state index contributed by atoms with van der Waals surface area (Å²) in [7, 11) is 0. The van der Waals surface area contributed by atoms with Crippen molar-refractivity contribution in [3.8, 4) is 17.1 Å². The molecule has 0 fully saturated rings. The van der Waals surface area contributed by atoms with Gasteiger partial charge in [-0.05, 0) is 68.1 Å². The molecule has 4 rings (SSSR count). The van der Waals surface area contributed by atoms with Crippen LogP contribution in [0.15, 0.2) is 29.6 Å². The van der Waals surface area contributed by atoms with Crippen molar-refractivity contribution in [2.75, 3.05) is 0 Å². The van der Waals surface area contributed by atoms with Crippen LogP contribution in [0.1, 0.15) is 28.8 Å². The van der Waals surface area contributed by atoms with Gasteiger partial charge in [-0.25, -0.2) is 0 Å². The maximum Gasteiger partial charge on any atom is 0.200 e. The fourth-order valence-corrected chi connectivity index (χ4v) is 4.53. The molecule has 1 aliphatic rings. The second-order valence-corrected chi connectivity index (χ2v) is 7.14. The lowest BCUT2D eigenvalue weighted by Crippen LogP contribution is -2.03. The molecule has 2 aromatic heterocycles. The fraction of sp³-hybridized carbons (Fsp3) is 0.294. The van der Waals surface area contributed by atoms with Crippen LogP contribution in [0.25, 0.3) is 17.1 Å². The molecule has 0 aliphatic heterocycles. The quantitative estimate of drug-likeness (QED) is 0.683. The lowest BCUT2D eigenvalue weighted by molar-refractivity contribution is 0.697. The second-order valence-electron chi connectivity index (χ2n) is 5.78. The SMILES string of the molecule is Cc1cccc(-n2c(-c3csc4c3CCCC4)n[nH]c2=S)c1. The van der Waals surface area contributed by atoms with E-state index in [1.54, 1.807) is 0 Å². The zero-order valence-corrected chi connectivity index (χ0v) is 14.1. The molecule has 3 nitrogen and oxygen atoms in total. The van der Waals surface area contributed by atoms with Crippen molar-refractivity contribution in [2.24, 2.45) is 0 Å². The number of nitrogens with zero attached hydrogens (tertiary/aromatic N) is 2. The summed E-state index contributed by atoms with van der Waals surface area (Å²) in [5.74, 6) is 0.940. The highest BCUT2D eigenvalue weighted by Crippen LogP contribution is 2.36. The summed E-state index contributed by atoms with van der Waals surface area (Å²) in [6, 6.07) is 8.39. The summed E-state index contributed by atoms with van der Waals surface area (Å²) < 4.78 is 2.70. The summed E-state index contributed by atoms with van der Waals surface area (Å²) in [6.07, 6.45) is 4.93. The zero-order valence-electron chi connectivity index (χ0n) is 12.4. The van der Waals surface area contributed by atoms with Gasteiger partial charge < -0.3 is 0 Å². The molecule has 5 heteroatoms. The van der Waals surface area contributed by atoms with Gasteiger partial charge in [-0.3, -0.25) is 9.67 Å². The second kappa shape index (κ2) is 5.48. The average Bonchev–Trinajstić information content (AvgIpc) is 3.10. The van der Waals surface area contributed by atoms with Gasteiger partial charge in [-0.1, -0.05) is 12.1 Å². The Bertz CT molecular complexity index is 885. The molecule has 1 aliphatic carbocycles. The number of thiophene rings is 1. The topological polar surface area (TPSA) is 33.6 Å². The van der Waals surface area contributed by atoms with Gasteiger partial charge in [0.15, 0.2) is 10.6 Å². The molecule has 0 spiro atoms. The van der Waals surface area contributed by atoms with E-state index in [0.29, 0.717) is 4.77 Å². The van der Waals surface area contributed by atoms with E-state index in [1.165, 1.54) is 40.8 Å². The molecule has 0 unspecified atom stereocenters. The summed E-state index contributed by atoms with van der Waals surface area (Å²) in [6.45, 7) is 2.10. The van der Waals surface area contributed by atoms with Crippen molar-refractivity contribution >= 4 is 23.6 Å². The Morgan fingerprint density at radius 3 is 3.00 bits per heavy atom. The van der Waals surface area contributed by atoms with Gasteiger partial charge in [0.05, 0.1) is 5.69 Å². The first-order valence-corrected chi connectivity index (χ1v) is 8.87. The van der Waals surface area contributed by atoms with Crippen LogP contribution in [-0.4, -0.2) is 14.8 Å². The number of H-pyrrole nitrogens is 1. The lowest BCUT2D eigenvalue weighted by atomic mass is 9.95. The number of nitrogens with one attached hydrogen (secondary N) is 1. The average molecular weight is 327 g/mol. The molecule has 1 aromatic carbocycles. The molecule has 112 valence electrons. The summed E-state index contributed by atoms with van der Waals surface area (Å²) in [5, 5.41) is 9.74. The number of aryl methyl sites for hydroxylation is 2. The maximum atomic E-state index is 5.48. The van der Waals surface area contributed by atoms with Crippen molar-refractivity contribution in [1.82, 2.24) is 14.8 Å². The maximum absolute atomic E-state index is 5.48. The normalized spacial score (nSPS) is 14.0. The van der Waals surface area contributed by atoms with Crippen molar-refractivity contribution in [1.29, 1.82) is 0 Å². The Labute approximate surface area is 138 Å². The minimum absolute atomic E-state index is 0.649. The Morgan fingerprint density at radius 2 is 2.14 bits per heavy atom. The molecular weight excluding hydrogens is 310 g/mol. The molecule has 0 amide bonds. The Morgan fingerprint density at radius 1 is 1.27 bits per heavy atom. The van der Waals surface area contributed by atoms with Crippen LogP contribution in [0.4, 0.5) is 0 Å². The standard InChI is InChI=1S/C17H17N3S2/c1-11-5-4-6-12(9-11)20-16(18-19-17(20)21)14-10-22-15-8-3-2-7-13(14)15/h4-6,9-10H,2-3,7-8H2,1H3,(H,19,21). The van der Waals surface area contributed by atoms with Gasteiger partial charge in [0.2, 0.25) is 0 Å². The molecule has 0 radical (unpaired) electrons. The van der Waals surface area contributed by atoms with Gasteiger partial charge in [0.25, 0.3) is 0 Å².